The van der Waals surface area contributed by atoms with Gasteiger partial charge in [0.25, 0.3) is 5.91 Å². The van der Waals surface area contributed by atoms with E-state index < -0.39 is 11.9 Å². The van der Waals surface area contributed by atoms with Crippen LogP contribution in [0.1, 0.15) is 20.7 Å². The predicted molar refractivity (Wildman–Crippen MR) is 88.3 cm³/mol. The minimum atomic E-state index is -1.16. The fraction of sp³-hybridized carbons (Fsp3) is 0. The van der Waals surface area contributed by atoms with Crippen LogP contribution in [0.3, 0.4) is 0 Å². The van der Waals surface area contributed by atoms with Crippen LogP contribution < -0.4 is 5.32 Å². The number of aromatic nitrogens is 1. The number of aromatic carboxylic acids is 1. The Balaban J connectivity index is 2.38. The number of carboxylic acid groups (broad SMARTS) is 1. The zero-order valence-electron chi connectivity index (χ0n) is 10.2. The van der Waals surface area contributed by atoms with E-state index in [-0.39, 0.29) is 16.8 Å². The van der Waals surface area contributed by atoms with Crippen molar-refractivity contribution >= 4 is 63.4 Å². The van der Waals surface area contributed by atoms with Crippen LogP contribution in [0.15, 0.2) is 30.6 Å². The summed E-state index contributed by atoms with van der Waals surface area (Å²) in [6, 6.07) is 4.28. The number of hydrogen-bond donors (Lipinski definition) is 2. The third-order valence-electron chi connectivity index (χ3n) is 2.54. The van der Waals surface area contributed by atoms with Crippen LogP contribution >= 0.6 is 45.8 Å². The largest absolute Gasteiger partial charge is 0.478 e. The van der Waals surface area contributed by atoms with Gasteiger partial charge in [0.05, 0.1) is 28.0 Å². The molecule has 108 valence electrons. The van der Waals surface area contributed by atoms with Crippen LogP contribution in [0.2, 0.25) is 10.0 Å². The van der Waals surface area contributed by atoms with Gasteiger partial charge in [-0.25, -0.2) is 4.79 Å². The summed E-state index contributed by atoms with van der Waals surface area (Å²) < 4.78 is 0.525. The van der Waals surface area contributed by atoms with Gasteiger partial charge in [0.1, 0.15) is 0 Å². The van der Waals surface area contributed by atoms with Gasteiger partial charge in [-0.1, -0.05) is 23.2 Å². The second-order valence-electron chi connectivity index (χ2n) is 3.93. The maximum absolute atomic E-state index is 12.3. The minimum Gasteiger partial charge on any atom is -0.478 e. The highest BCUT2D eigenvalue weighted by atomic mass is 127. The fourth-order valence-electron chi connectivity index (χ4n) is 1.59. The van der Waals surface area contributed by atoms with Gasteiger partial charge in [0.2, 0.25) is 0 Å². The van der Waals surface area contributed by atoms with E-state index in [1.807, 2.05) is 22.6 Å². The molecule has 2 aromatic rings. The average Bonchev–Trinajstić information content (AvgIpc) is 2.43. The first-order valence-electron chi connectivity index (χ1n) is 5.53. The molecule has 2 N–H and O–H groups in total. The summed E-state index contributed by atoms with van der Waals surface area (Å²) in [4.78, 5) is 27.2. The Morgan fingerprint density at radius 3 is 2.62 bits per heavy atom. The van der Waals surface area contributed by atoms with Crippen molar-refractivity contribution in [2.75, 3.05) is 5.32 Å². The topological polar surface area (TPSA) is 79.3 Å². The molecule has 0 saturated heterocycles. The van der Waals surface area contributed by atoms with Crippen LogP contribution in [-0.2, 0) is 0 Å². The molecule has 2 rings (SSSR count). The van der Waals surface area contributed by atoms with Crippen LogP contribution in [0.4, 0.5) is 5.69 Å². The molecule has 0 aliphatic carbocycles. The highest BCUT2D eigenvalue weighted by Crippen LogP contribution is 2.27. The van der Waals surface area contributed by atoms with E-state index in [0.717, 1.165) is 0 Å². The molecule has 5 nitrogen and oxygen atoms in total. The van der Waals surface area contributed by atoms with Gasteiger partial charge >= 0.3 is 5.97 Å². The molecule has 1 aromatic carbocycles. The van der Waals surface area contributed by atoms with E-state index in [1.165, 1.54) is 30.6 Å². The zero-order chi connectivity index (χ0) is 15.6. The van der Waals surface area contributed by atoms with Gasteiger partial charge in [-0.2, -0.15) is 0 Å². The third kappa shape index (κ3) is 3.63. The van der Waals surface area contributed by atoms with Gasteiger partial charge in [-0.3, -0.25) is 9.78 Å². The Bertz CT molecular complexity index is 737. The molecule has 0 fully saturated rings. The zero-order valence-corrected chi connectivity index (χ0v) is 13.9. The Hall–Kier alpha value is -1.38. The number of nitrogens with one attached hydrogen (secondary N) is 1. The summed E-state index contributed by atoms with van der Waals surface area (Å²) in [5.74, 6) is -1.68. The van der Waals surface area contributed by atoms with Crippen molar-refractivity contribution in [1.82, 2.24) is 4.98 Å². The monoisotopic (exact) mass is 436 g/mol. The van der Waals surface area contributed by atoms with Crippen LogP contribution in [0, 0.1) is 3.57 Å². The molecule has 1 amide bonds. The van der Waals surface area contributed by atoms with Gasteiger partial charge in [-0.05, 0) is 40.8 Å². The maximum atomic E-state index is 12.3. The summed E-state index contributed by atoms with van der Waals surface area (Å²) in [7, 11) is 0. The normalized spacial score (nSPS) is 10.2. The van der Waals surface area contributed by atoms with E-state index in [2.05, 4.69) is 10.3 Å². The Morgan fingerprint density at radius 2 is 1.95 bits per heavy atom. The fourth-order valence-corrected chi connectivity index (χ4v) is 2.64. The van der Waals surface area contributed by atoms with E-state index in [4.69, 9.17) is 28.3 Å². The van der Waals surface area contributed by atoms with Gasteiger partial charge in [0.15, 0.2) is 0 Å². The number of rotatable bonds is 3. The minimum absolute atomic E-state index is 0.0542. The van der Waals surface area contributed by atoms with E-state index in [9.17, 15) is 9.59 Å². The van der Waals surface area contributed by atoms with Crippen molar-refractivity contribution in [2.45, 2.75) is 0 Å². The lowest BCUT2D eigenvalue weighted by atomic mass is 10.2. The molecule has 0 radical (unpaired) electrons. The lowest BCUT2D eigenvalue weighted by Crippen LogP contribution is -2.16. The summed E-state index contributed by atoms with van der Waals surface area (Å²) in [6.45, 7) is 0. The van der Waals surface area contributed by atoms with E-state index in [0.29, 0.717) is 13.6 Å². The van der Waals surface area contributed by atoms with Crippen LogP contribution in [-0.4, -0.2) is 22.0 Å². The predicted octanol–water partition coefficient (Wildman–Crippen LogP) is 3.94. The molecular weight excluding hydrogens is 430 g/mol. The smallest absolute Gasteiger partial charge is 0.337 e. The number of halogens is 3. The highest BCUT2D eigenvalue weighted by molar-refractivity contribution is 14.1. The molecule has 0 unspecified atom stereocenters. The molecule has 0 atom stereocenters. The number of nitrogens with zero attached hydrogens (tertiary/aromatic N) is 1. The maximum Gasteiger partial charge on any atom is 0.337 e. The first-order valence-corrected chi connectivity index (χ1v) is 7.37. The number of carboxylic acids is 1. The third-order valence-corrected chi connectivity index (χ3v) is 4.53. The summed E-state index contributed by atoms with van der Waals surface area (Å²) in [6.07, 6.45) is 2.60. The van der Waals surface area contributed by atoms with Gasteiger partial charge in [0, 0.05) is 14.8 Å². The van der Waals surface area contributed by atoms with Crippen molar-refractivity contribution in [3.05, 3.63) is 55.3 Å². The Labute approximate surface area is 143 Å². The van der Waals surface area contributed by atoms with Crippen LogP contribution in [0.5, 0.6) is 0 Å². The molecule has 8 heteroatoms. The lowest BCUT2D eigenvalue weighted by molar-refractivity contribution is 0.0698. The summed E-state index contributed by atoms with van der Waals surface area (Å²) >= 11 is 13.8. The number of carbonyl (C=O) groups is 2. The molecule has 1 heterocycles. The summed E-state index contributed by atoms with van der Waals surface area (Å²) in [5, 5.41) is 12.2. The van der Waals surface area contributed by atoms with Crippen molar-refractivity contribution in [2.24, 2.45) is 0 Å². The van der Waals surface area contributed by atoms with Crippen molar-refractivity contribution < 1.29 is 14.7 Å². The van der Waals surface area contributed by atoms with Gasteiger partial charge < -0.3 is 10.4 Å². The summed E-state index contributed by atoms with van der Waals surface area (Å²) in [5.41, 5.74) is 0.302. The number of benzene rings is 1. The molecule has 0 saturated carbocycles. The Kier molecular flexibility index (Phi) is 5.02. The molecule has 1 aromatic heterocycles. The Morgan fingerprint density at radius 1 is 1.24 bits per heavy atom. The number of carbonyl (C=O) groups excluding carboxylic acids is 1. The van der Waals surface area contributed by atoms with E-state index in [1.54, 1.807) is 0 Å². The molecule has 0 bridgehead atoms. The first-order chi connectivity index (χ1) is 9.90. The SMILES string of the molecule is O=C(O)c1ccncc1NC(=O)c1cc(Cl)cc(Cl)c1I. The molecule has 0 aliphatic rings. The second kappa shape index (κ2) is 6.59. The van der Waals surface area contributed by atoms with Crippen molar-refractivity contribution in [3.8, 4) is 0 Å². The molecular formula is C13H7Cl2IN2O3. The van der Waals surface area contributed by atoms with E-state index >= 15 is 0 Å². The first kappa shape index (κ1) is 16.0. The van der Waals surface area contributed by atoms with Crippen molar-refractivity contribution in [1.29, 1.82) is 0 Å². The van der Waals surface area contributed by atoms with Crippen molar-refractivity contribution in [3.63, 3.8) is 0 Å². The number of pyridine rings is 1. The quantitative estimate of drug-likeness (QED) is 0.564. The van der Waals surface area contributed by atoms with Crippen LogP contribution in [0.25, 0.3) is 0 Å². The highest BCUT2D eigenvalue weighted by Gasteiger charge is 2.17. The number of amides is 1. The number of anilines is 1. The second-order valence-corrected chi connectivity index (χ2v) is 5.85. The molecule has 0 spiro atoms. The standard InChI is InChI=1S/C13H7Cl2IN2O3/c14-6-3-8(11(16)9(15)4-6)12(19)18-10-5-17-2-1-7(10)13(20)21/h1-5H,(H,18,19)(H,20,21). The number of hydrogen-bond acceptors (Lipinski definition) is 3. The molecule has 0 aliphatic heterocycles. The molecule has 21 heavy (non-hydrogen) atoms. The average molecular weight is 437 g/mol. The lowest BCUT2D eigenvalue weighted by Gasteiger charge is -2.10. The van der Waals surface area contributed by atoms with Gasteiger partial charge in [-0.15, -0.1) is 0 Å².